The lowest BCUT2D eigenvalue weighted by Gasteiger charge is -2.27. The van der Waals surface area contributed by atoms with E-state index in [2.05, 4.69) is 33.2 Å². The van der Waals surface area contributed by atoms with Crippen LogP contribution >= 0.6 is 0 Å². The minimum atomic E-state index is 0.0883. The summed E-state index contributed by atoms with van der Waals surface area (Å²) in [5, 5.41) is 4.23. The lowest BCUT2D eigenvalue weighted by atomic mass is 9.97. The molecule has 2 aliphatic heterocycles. The summed E-state index contributed by atoms with van der Waals surface area (Å²) < 4.78 is 1.84. The molecule has 0 bridgehead atoms. The molecule has 0 aliphatic carbocycles. The van der Waals surface area contributed by atoms with Crippen LogP contribution in [0.4, 0.5) is 0 Å². The molecule has 2 aromatic rings. The Kier molecular flexibility index (Phi) is 4.80. The zero-order valence-corrected chi connectivity index (χ0v) is 15.7. The lowest BCUT2D eigenvalue weighted by molar-refractivity contribution is 0.0781. The number of hydrogen-bond acceptors (Lipinski definition) is 4. The number of nitrogens with zero attached hydrogens (tertiary/aromatic N) is 5. The van der Waals surface area contributed by atoms with Crippen molar-refractivity contribution in [2.75, 3.05) is 33.2 Å². The van der Waals surface area contributed by atoms with Crippen molar-refractivity contribution in [3.05, 3.63) is 35.7 Å². The summed E-state index contributed by atoms with van der Waals surface area (Å²) in [7, 11) is 4.09. The van der Waals surface area contributed by atoms with Crippen LogP contribution in [0.1, 0.15) is 47.1 Å². The van der Waals surface area contributed by atoms with E-state index in [1.165, 1.54) is 5.56 Å². The molecular weight excluding hydrogens is 328 g/mol. The molecule has 26 heavy (non-hydrogen) atoms. The van der Waals surface area contributed by atoms with E-state index < -0.39 is 0 Å². The number of carbonyl (C=O) groups excluding carboxylic acids is 1. The van der Waals surface area contributed by atoms with Crippen LogP contribution in [0.15, 0.2) is 18.6 Å². The average Bonchev–Trinajstić information content (AvgIpc) is 3.37. The molecule has 2 saturated heterocycles. The van der Waals surface area contributed by atoms with Crippen LogP contribution < -0.4 is 0 Å². The third kappa shape index (κ3) is 3.67. The van der Waals surface area contributed by atoms with Crippen LogP contribution in [0, 0.1) is 5.92 Å². The molecule has 2 aliphatic rings. The predicted molar refractivity (Wildman–Crippen MR) is 99.0 cm³/mol. The molecule has 2 aromatic heterocycles. The molecule has 4 rings (SSSR count). The number of likely N-dealkylation sites (tertiary alicyclic amines) is 2. The van der Waals surface area contributed by atoms with E-state index in [4.69, 9.17) is 0 Å². The van der Waals surface area contributed by atoms with Crippen molar-refractivity contribution >= 4 is 5.91 Å². The van der Waals surface area contributed by atoms with Gasteiger partial charge in [0.05, 0.1) is 12.4 Å². The molecule has 1 amide bonds. The van der Waals surface area contributed by atoms with Crippen molar-refractivity contribution < 1.29 is 4.79 Å². The third-order valence-corrected chi connectivity index (χ3v) is 5.79. The molecule has 4 heterocycles. The minimum Gasteiger partial charge on any atom is -0.338 e. The van der Waals surface area contributed by atoms with Crippen LogP contribution in [-0.4, -0.2) is 68.7 Å². The van der Waals surface area contributed by atoms with Gasteiger partial charge < -0.3 is 14.8 Å². The van der Waals surface area contributed by atoms with Gasteiger partial charge in [0.25, 0.3) is 5.91 Å². The second kappa shape index (κ2) is 7.23. The van der Waals surface area contributed by atoms with Gasteiger partial charge in [-0.2, -0.15) is 5.10 Å². The Morgan fingerprint density at radius 2 is 2.00 bits per heavy atom. The summed E-state index contributed by atoms with van der Waals surface area (Å²) in [6.45, 7) is 3.83. The summed E-state index contributed by atoms with van der Waals surface area (Å²) in [6.07, 6.45) is 9.96. The van der Waals surface area contributed by atoms with Gasteiger partial charge in [-0.25, -0.2) is 4.98 Å². The van der Waals surface area contributed by atoms with Gasteiger partial charge in [0.1, 0.15) is 11.5 Å². The Bertz CT molecular complexity index is 758. The van der Waals surface area contributed by atoms with Crippen molar-refractivity contribution in [2.45, 2.75) is 31.6 Å². The van der Waals surface area contributed by atoms with E-state index in [0.29, 0.717) is 17.5 Å². The Labute approximate surface area is 154 Å². The molecule has 140 valence electrons. The van der Waals surface area contributed by atoms with Crippen molar-refractivity contribution in [3.63, 3.8) is 0 Å². The number of carbonyl (C=O) groups is 1. The first-order valence-electron chi connectivity index (χ1n) is 9.58. The van der Waals surface area contributed by atoms with Gasteiger partial charge in [-0.05, 0) is 57.3 Å². The summed E-state index contributed by atoms with van der Waals surface area (Å²) >= 11 is 0. The molecular formula is C19H28N6O. The highest BCUT2D eigenvalue weighted by molar-refractivity contribution is 5.92. The number of aryl methyl sites for hydroxylation is 1. The number of amides is 1. The Balaban J connectivity index is 1.34. The summed E-state index contributed by atoms with van der Waals surface area (Å²) in [4.78, 5) is 25.0. The second-order valence-corrected chi connectivity index (χ2v) is 7.89. The largest absolute Gasteiger partial charge is 0.338 e. The Morgan fingerprint density at radius 3 is 2.73 bits per heavy atom. The van der Waals surface area contributed by atoms with Crippen molar-refractivity contribution in [1.29, 1.82) is 0 Å². The number of H-pyrrole nitrogens is 1. The minimum absolute atomic E-state index is 0.0883. The van der Waals surface area contributed by atoms with Crippen molar-refractivity contribution in [1.82, 2.24) is 29.5 Å². The smallest absolute Gasteiger partial charge is 0.271 e. The fourth-order valence-electron chi connectivity index (χ4n) is 4.20. The maximum atomic E-state index is 12.8. The van der Waals surface area contributed by atoms with Crippen LogP contribution in [0.2, 0.25) is 0 Å². The van der Waals surface area contributed by atoms with Crippen molar-refractivity contribution in [2.24, 2.45) is 13.0 Å². The molecule has 1 atom stereocenters. The molecule has 1 unspecified atom stereocenters. The molecule has 0 saturated carbocycles. The number of hydrogen-bond donors (Lipinski definition) is 1. The van der Waals surface area contributed by atoms with Crippen LogP contribution in [0.25, 0.3) is 0 Å². The summed E-state index contributed by atoms with van der Waals surface area (Å²) in [6, 6.07) is 0. The monoisotopic (exact) mass is 356 g/mol. The number of aromatic amines is 1. The fourth-order valence-corrected chi connectivity index (χ4v) is 4.20. The Hall–Kier alpha value is -2.15. The molecule has 0 aromatic carbocycles. The number of piperidine rings is 1. The van der Waals surface area contributed by atoms with Gasteiger partial charge in [0.15, 0.2) is 0 Å². The topological polar surface area (TPSA) is 70.1 Å². The standard InChI is InChI=1S/C19H28N6O/c1-23-6-4-16(5-7-23)18-20-11-17(22-18)19(26)25-8-3-14(13-25)9-15-10-21-24(2)12-15/h10-12,14,16H,3-9,13H2,1-2H3,(H,20,22). The Morgan fingerprint density at radius 1 is 1.19 bits per heavy atom. The van der Waals surface area contributed by atoms with E-state index >= 15 is 0 Å². The first-order chi connectivity index (χ1) is 12.6. The summed E-state index contributed by atoms with van der Waals surface area (Å²) in [5.41, 5.74) is 1.89. The maximum Gasteiger partial charge on any atom is 0.271 e. The normalized spacial score (nSPS) is 22.2. The first kappa shape index (κ1) is 17.3. The van der Waals surface area contributed by atoms with E-state index in [1.54, 1.807) is 6.20 Å². The van der Waals surface area contributed by atoms with Gasteiger partial charge in [0.2, 0.25) is 0 Å². The molecule has 0 radical (unpaired) electrons. The quantitative estimate of drug-likeness (QED) is 0.904. The van der Waals surface area contributed by atoms with Gasteiger partial charge in [-0.3, -0.25) is 9.48 Å². The first-order valence-corrected chi connectivity index (χ1v) is 9.58. The van der Waals surface area contributed by atoms with E-state index in [0.717, 1.165) is 57.7 Å². The van der Waals surface area contributed by atoms with Crippen LogP contribution in [0.3, 0.4) is 0 Å². The van der Waals surface area contributed by atoms with E-state index in [-0.39, 0.29) is 5.91 Å². The van der Waals surface area contributed by atoms with Gasteiger partial charge >= 0.3 is 0 Å². The molecule has 7 heteroatoms. The van der Waals surface area contributed by atoms with Crippen molar-refractivity contribution in [3.8, 4) is 0 Å². The highest BCUT2D eigenvalue weighted by atomic mass is 16.2. The van der Waals surface area contributed by atoms with Gasteiger partial charge in [-0.15, -0.1) is 0 Å². The number of nitrogens with one attached hydrogen (secondary N) is 1. The van der Waals surface area contributed by atoms with Gasteiger partial charge in [0, 0.05) is 32.3 Å². The predicted octanol–water partition coefficient (Wildman–Crippen LogP) is 1.66. The lowest BCUT2D eigenvalue weighted by Crippen LogP contribution is -2.30. The SMILES string of the molecule is CN1CCC(c2ncc(C(=O)N3CCC(Cc4cnn(C)c4)C3)[nH]2)CC1. The molecule has 1 N–H and O–H groups in total. The average molecular weight is 356 g/mol. The molecule has 0 spiro atoms. The number of imidazole rings is 1. The zero-order chi connectivity index (χ0) is 18.1. The second-order valence-electron chi connectivity index (χ2n) is 7.89. The van der Waals surface area contributed by atoms with E-state index in [1.807, 2.05) is 22.8 Å². The highest BCUT2D eigenvalue weighted by Gasteiger charge is 2.29. The van der Waals surface area contributed by atoms with Gasteiger partial charge in [-0.1, -0.05) is 0 Å². The fraction of sp³-hybridized carbons (Fsp3) is 0.632. The number of rotatable bonds is 4. The highest BCUT2D eigenvalue weighted by Crippen LogP contribution is 2.26. The molecule has 2 fully saturated rings. The number of aromatic nitrogens is 4. The van der Waals surface area contributed by atoms with Crippen LogP contribution in [0.5, 0.6) is 0 Å². The van der Waals surface area contributed by atoms with E-state index in [9.17, 15) is 4.79 Å². The molecule has 7 nitrogen and oxygen atoms in total. The summed E-state index contributed by atoms with van der Waals surface area (Å²) in [5.74, 6) is 2.03. The zero-order valence-electron chi connectivity index (χ0n) is 15.7. The third-order valence-electron chi connectivity index (χ3n) is 5.79. The van der Waals surface area contributed by atoms with Crippen LogP contribution in [-0.2, 0) is 13.5 Å². The maximum absolute atomic E-state index is 12.8.